The Morgan fingerprint density at radius 1 is 1.15 bits per heavy atom. The third-order valence-electron chi connectivity index (χ3n) is 2.77. The number of carbonyl (C=O) groups is 1. The SMILES string of the molecule is O=C(O)C(O)c1ccc(-c2cc(Cl)ccc2Cl)cc1F. The first-order chi connectivity index (χ1) is 9.40. The van der Waals surface area contributed by atoms with E-state index < -0.39 is 17.9 Å². The van der Waals surface area contributed by atoms with Crippen molar-refractivity contribution < 1.29 is 19.4 Å². The van der Waals surface area contributed by atoms with Crippen molar-refractivity contribution in [3.8, 4) is 11.1 Å². The maximum atomic E-state index is 13.9. The van der Waals surface area contributed by atoms with Crippen LogP contribution in [0.4, 0.5) is 4.39 Å². The highest BCUT2D eigenvalue weighted by Crippen LogP contribution is 2.32. The number of aliphatic hydroxyl groups excluding tert-OH is 1. The fourth-order valence-electron chi connectivity index (χ4n) is 1.77. The van der Waals surface area contributed by atoms with Gasteiger partial charge < -0.3 is 10.2 Å². The summed E-state index contributed by atoms with van der Waals surface area (Å²) in [5.41, 5.74) is 0.658. The summed E-state index contributed by atoms with van der Waals surface area (Å²) in [6.45, 7) is 0. The zero-order chi connectivity index (χ0) is 14.9. The standard InChI is InChI=1S/C14H9Cl2FO3/c15-8-2-4-11(16)10(6-8)7-1-3-9(12(17)5-7)13(18)14(19)20/h1-6,13,18H,(H,19,20). The van der Waals surface area contributed by atoms with Gasteiger partial charge in [0.05, 0.1) is 0 Å². The summed E-state index contributed by atoms with van der Waals surface area (Å²) in [6, 6.07) is 8.55. The molecule has 3 nitrogen and oxygen atoms in total. The molecule has 1 atom stereocenters. The van der Waals surface area contributed by atoms with Crippen LogP contribution in [0.5, 0.6) is 0 Å². The minimum atomic E-state index is -1.90. The molecule has 0 saturated heterocycles. The smallest absolute Gasteiger partial charge is 0.337 e. The van der Waals surface area contributed by atoms with E-state index in [9.17, 15) is 14.3 Å². The molecule has 2 rings (SSSR count). The van der Waals surface area contributed by atoms with Gasteiger partial charge in [0.15, 0.2) is 6.10 Å². The van der Waals surface area contributed by atoms with Gasteiger partial charge in [0, 0.05) is 21.2 Å². The number of hydrogen-bond donors (Lipinski definition) is 2. The molecule has 0 amide bonds. The number of rotatable bonds is 3. The van der Waals surface area contributed by atoms with Crippen LogP contribution < -0.4 is 0 Å². The second-order valence-electron chi connectivity index (χ2n) is 4.10. The molecule has 104 valence electrons. The van der Waals surface area contributed by atoms with Gasteiger partial charge in [0.1, 0.15) is 5.82 Å². The summed E-state index contributed by atoms with van der Waals surface area (Å²) < 4.78 is 13.9. The molecule has 0 spiro atoms. The first kappa shape index (κ1) is 14.8. The van der Waals surface area contributed by atoms with Crippen LogP contribution in [0.3, 0.4) is 0 Å². The molecular formula is C14H9Cl2FO3. The van der Waals surface area contributed by atoms with Crippen molar-refractivity contribution in [3.05, 3.63) is 57.8 Å². The predicted octanol–water partition coefficient (Wildman–Crippen LogP) is 3.92. The molecule has 0 fully saturated rings. The highest BCUT2D eigenvalue weighted by Gasteiger charge is 2.20. The maximum absolute atomic E-state index is 13.9. The molecule has 1 unspecified atom stereocenters. The van der Waals surface area contributed by atoms with E-state index >= 15 is 0 Å². The molecular weight excluding hydrogens is 306 g/mol. The Balaban J connectivity index is 2.48. The van der Waals surface area contributed by atoms with Crippen molar-refractivity contribution in [2.45, 2.75) is 6.10 Å². The molecule has 0 aromatic heterocycles. The van der Waals surface area contributed by atoms with Crippen LogP contribution in [-0.2, 0) is 4.79 Å². The number of halogens is 3. The molecule has 2 N–H and O–H groups in total. The van der Waals surface area contributed by atoms with Crippen LogP contribution in [0, 0.1) is 5.82 Å². The molecule has 2 aromatic carbocycles. The van der Waals surface area contributed by atoms with Gasteiger partial charge in [-0.25, -0.2) is 9.18 Å². The van der Waals surface area contributed by atoms with Crippen LogP contribution in [-0.4, -0.2) is 16.2 Å². The van der Waals surface area contributed by atoms with Gasteiger partial charge >= 0.3 is 5.97 Å². The summed E-state index contributed by atoms with van der Waals surface area (Å²) in [4.78, 5) is 10.7. The molecule has 6 heteroatoms. The van der Waals surface area contributed by atoms with E-state index in [0.717, 1.165) is 6.07 Å². The highest BCUT2D eigenvalue weighted by molar-refractivity contribution is 6.35. The molecule has 0 aliphatic carbocycles. The Bertz CT molecular complexity index is 673. The lowest BCUT2D eigenvalue weighted by Gasteiger charge is -2.10. The molecule has 0 radical (unpaired) electrons. The Hall–Kier alpha value is -1.62. The van der Waals surface area contributed by atoms with Gasteiger partial charge in [-0.3, -0.25) is 0 Å². The van der Waals surface area contributed by atoms with Gasteiger partial charge in [0.2, 0.25) is 0 Å². The van der Waals surface area contributed by atoms with Crippen molar-refractivity contribution in [2.24, 2.45) is 0 Å². The summed E-state index contributed by atoms with van der Waals surface area (Å²) >= 11 is 11.9. The maximum Gasteiger partial charge on any atom is 0.337 e. The van der Waals surface area contributed by atoms with Crippen molar-refractivity contribution in [1.82, 2.24) is 0 Å². The second-order valence-corrected chi connectivity index (χ2v) is 4.94. The van der Waals surface area contributed by atoms with Gasteiger partial charge in [-0.15, -0.1) is 0 Å². The monoisotopic (exact) mass is 314 g/mol. The Kier molecular flexibility index (Phi) is 4.28. The minimum absolute atomic E-state index is 0.306. The summed E-state index contributed by atoms with van der Waals surface area (Å²) in [5.74, 6) is -2.34. The van der Waals surface area contributed by atoms with Crippen LogP contribution in [0.1, 0.15) is 11.7 Å². The molecule has 0 saturated carbocycles. The Morgan fingerprint density at radius 3 is 2.45 bits per heavy atom. The van der Waals surface area contributed by atoms with Gasteiger partial charge in [-0.05, 0) is 29.8 Å². The van der Waals surface area contributed by atoms with Crippen LogP contribution in [0.2, 0.25) is 10.0 Å². The molecule has 0 aliphatic heterocycles. The van der Waals surface area contributed by atoms with Gasteiger partial charge in [-0.1, -0.05) is 35.3 Å². The molecule has 2 aromatic rings. The quantitative estimate of drug-likeness (QED) is 0.902. The second kappa shape index (κ2) is 5.79. The average molecular weight is 315 g/mol. The van der Waals surface area contributed by atoms with Crippen molar-refractivity contribution in [2.75, 3.05) is 0 Å². The number of hydrogen-bond acceptors (Lipinski definition) is 2. The van der Waals surface area contributed by atoms with Crippen molar-refractivity contribution >= 4 is 29.2 Å². The predicted molar refractivity (Wildman–Crippen MR) is 74.5 cm³/mol. The number of aliphatic carboxylic acids is 1. The van der Waals surface area contributed by atoms with E-state index in [2.05, 4.69) is 0 Å². The van der Waals surface area contributed by atoms with E-state index in [1.165, 1.54) is 12.1 Å². The lowest BCUT2D eigenvalue weighted by atomic mass is 10.0. The molecule has 0 bridgehead atoms. The van der Waals surface area contributed by atoms with Crippen molar-refractivity contribution in [3.63, 3.8) is 0 Å². The number of benzene rings is 2. The van der Waals surface area contributed by atoms with E-state index in [1.54, 1.807) is 18.2 Å². The van der Waals surface area contributed by atoms with Crippen molar-refractivity contribution in [1.29, 1.82) is 0 Å². The summed E-state index contributed by atoms with van der Waals surface area (Å²) in [6.07, 6.45) is -1.90. The Labute approximate surface area is 124 Å². The van der Waals surface area contributed by atoms with Crippen LogP contribution in [0.15, 0.2) is 36.4 Å². The first-order valence-electron chi connectivity index (χ1n) is 5.56. The zero-order valence-electron chi connectivity index (χ0n) is 9.98. The number of aliphatic hydroxyl groups is 1. The van der Waals surface area contributed by atoms with E-state index in [-0.39, 0.29) is 5.56 Å². The molecule has 0 aliphatic rings. The number of carboxylic acids is 1. The van der Waals surface area contributed by atoms with Gasteiger partial charge in [0.25, 0.3) is 0 Å². The van der Waals surface area contributed by atoms with Crippen LogP contribution in [0.25, 0.3) is 11.1 Å². The normalized spacial score (nSPS) is 12.2. The Morgan fingerprint density at radius 2 is 1.85 bits per heavy atom. The third kappa shape index (κ3) is 2.93. The first-order valence-corrected chi connectivity index (χ1v) is 6.31. The summed E-state index contributed by atoms with van der Waals surface area (Å²) in [7, 11) is 0. The van der Waals surface area contributed by atoms with E-state index in [0.29, 0.717) is 21.2 Å². The van der Waals surface area contributed by atoms with E-state index in [4.69, 9.17) is 28.3 Å². The third-order valence-corrected chi connectivity index (χ3v) is 3.33. The zero-order valence-corrected chi connectivity index (χ0v) is 11.5. The van der Waals surface area contributed by atoms with Gasteiger partial charge in [-0.2, -0.15) is 0 Å². The lowest BCUT2D eigenvalue weighted by molar-refractivity contribution is -0.147. The number of carboxylic acid groups (broad SMARTS) is 1. The average Bonchev–Trinajstić information content (AvgIpc) is 2.40. The topological polar surface area (TPSA) is 57.5 Å². The van der Waals surface area contributed by atoms with Crippen LogP contribution >= 0.6 is 23.2 Å². The molecule has 0 heterocycles. The minimum Gasteiger partial charge on any atom is -0.479 e. The fourth-order valence-corrected chi connectivity index (χ4v) is 2.17. The largest absolute Gasteiger partial charge is 0.479 e. The fraction of sp³-hybridized carbons (Fsp3) is 0.0714. The highest BCUT2D eigenvalue weighted by atomic mass is 35.5. The lowest BCUT2D eigenvalue weighted by Crippen LogP contribution is -2.12. The van der Waals surface area contributed by atoms with E-state index in [1.807, 2.05) is 0 Å². The summed E-state index contributed by atoms with van der Waals surface area (Å²) in [5, 5.41) is 18.9. The molecule has 20 heavy (non-hydrogen) atoms.